The fourth-order valence-corrected chi connectivity index (χ4v) is 1.68. The van der Waals surface area contributed by atoms with Crippen molar-refractivity contribution in [3.63, 3.8) is 0 Å². The third kappa shape index (κ3) is 3.48. The second-order valence-electron chi connectivity index (χ2n) is 4.33. The number of phenolic OH excluding ortho intramolecular Hbond substituents is 2. The van der Waals surface area contributed by atoms with Crippen molar-refractivity contribution >= 4 is 5.91 Å². The number of phenols is 2. The van der Waals surface area contributed by atoms with Crippen molar-refractivity contribution in [1.29, 1.82) is 0 Å². The van der Waals surface area contributed by atoms with Crippen LogP contribution in [0.1, 0.15) is 11.3 Å². The summed E-state index contributed by atoms with van der Waals surface area (Å²) in [6.45, 7) is 0.216. The van der Waals surface area contributed by atoms with Gasteiger partial charge < -0.3 is 25.8 Å². The van der Waals surface area contributed by atoms with Gasteiger partial charge in [0.05, 0.1) is 18.8 Å². The largest absolute Gasteiger partial charge is 0.504 e. The lowest BCUT2D eigenvalue weighted by molar-refractivity contribution is -0.122. The van der Waals surface area contributed by atoms with Crippen LogP contribution in [0.4, 0.5) is 0 Å². The van der Waals surface area contributed by atoms with Gasteiger partial charge in [-0.05, 0) is 24.1 Å². The normalized spacial score (nSPS) is 12.1. The molecule has 0 unspecified atom stereocenters. The number of carbonyl (C=O) groups is 1. The molecule has 2 aromatic rings. The van der Waals surface area contributed by atoms with Gasteiger partial charge in [0.25, 0.3) is 0 Å². The number of nitrogens with two attached hydrogens (primary N) is 1. The molecule has 20 heavy (non-hydrogen) atoms. The third-order valence-corrected chi connectivity index (χ3v) is 2.76. The van der Waals surface area contributed by atoms with Crippen molar-refractivity contribution in [1.82, 2.24) is 10.5 Å². The van der Waals surface area contributed by atoms with Gasteiger partial charge in [-0.25, -0.2) is 0 Å². The molecule has 1 heterocycles. The number of hydrogen-bond acceptors (Lipinski definition) is 6. The van der Waals surface area contributed by atoms with Crippen LogP contribution in [0, 0.1) is 0 Å². The van der Waals surface area contributed by atoms with Gasteiger partial charge >= 0.3 is 0 Å². The van der Waals surface area contributed by atoms with Crippen molar-refractivity contribution in [3.05, 3.63) is 41.8 Å². The Bertz CT molecular complexity index is 583. The van der Waals surface area contributed by atoms with Gasteiger partial charge in [-0.3, -0.25) is 4.79 Å². The molecule has 0 aliphatic heterocycles. The minimum absolute atomic E-state index is 0.211. The molecule has 2 rings (SSSR count). The van der Waals surface area contributed by atoms with E-state index in [0.29, 0.717) is 11.3 Å². The minimum atomic E-state index is -0.762. The first-order valence-electron chi connectivity index (χ1n) is 6.00. The van der Waals surface area contributed by atoms with E-state index < -0.39 is 6.04 Å². The molecule has 7 nitrogen and oxygen atoms in total. The summed E-state index contributed by atoms with van der Waals surface area (Å²) in [4.78, 5) is 11.8. The average Bonchev–Trinajstić information content (AvgIpc) is 2.93. The van der Waals surface area contributed by atoms with Crippen LogP contribution in [0.15, 0.2) is 35.0 Å². The van der Waals surface area contributed by atoms with Gasteiger partial charge in [0.1, 0.15) is 0 Å². The van der Waals surface area contributed by atoms with Gasteiger partial charge in [0, 0.05) is 6.07 Å². The highest BCUT2D eigenvalue weighted by atomic mass is 16.5. The standard InChI is InChI=1S/C13H15N3O4/c14-10(5-8-1-2-11(17)12(18)6-8)13(19)15-7-9-3-4-16-20-9/h1-4,6,10,17-18H,5,7,14H2,(H,15,19)/t10-/m0/s1. The number of benzene rings is 1. The molecule has 1 aromatic heterocycles. The summed E-state index contributed by atoms with van der Waals surface area (Å²) in [5.41, 5.74) is 6.43. The van der Waals surface area contributed by atoms with Gasteiger partial charge in [0.2, 0.25) is 5.91 Å². The van der Waals surface area contributed by atoms with Crippen LogP contribution in [-0.2, 0) is 17.8 Å². The highest BCUT2D eigenvalue weighted by Crippen LogP contribution is 2.25. The number of rotatable bonds is 5. The number of aromatic nitrogens is 1. The first-order chi connectivity index (χ1) is 9.56. The van der Waals surface area contributed by atoms with Crippen LogP contribution in [0.3, 0.4) is 0 Å². The molecule has 106 valence electrons. The Hall–Kier alpha value is -2.54. The summed E-state index contributed by atoms with van der Waals surface area (Å²) in [5.74, 6) is -0.254. The number of amides is 1. The van der Waals surface area contributed by atoms with Crippen molar-refractivity contribution in [2.75, 3.05) is 0 Å². The van der Waals surface area contributed by atoms with E-state index in [1.807, 2.05) is 0 Å². The Morgan fingerprint density at radius 3 is 2.80 bits per heavy atom. The molecule has 0 radical (unpaired) electrons. The van der Waals surface area contributed by atoms with E-state index in [1.165, 1.54) is 18.3 Å². The lowest BCUT2D eigenvalue weighted by atomic mass is 10.1. The van der Waals surface area contributed by atoms with Crippen LogP contribution in [0.2, 0.25) is 0 Å². The van der Waals surface area contributed by atoms with Crippen LogP contribution >= 0.6 is 0 Å². The van der Waals surface area contributed by atoms with E-state index in [1.54, 1.807) is 12.1 Å². The molecule has 0 fully saturated rings. The second-order valence-corrected chi connectivity index (χ2v) is 4.33. The SMILES string of the molecule is N[C@@H](Cc1ccc(O)c(O)c1)C(=O)NCc1ccno1. The smallest absolute Gasteiger partial charge is 0.237 e. The second kappa shape index (κ2) is 6.07. The first kappa shape index (κ1) is 13.9. The lowest BCUT2D eigenvalue weighted by Gasteiger charge is -2.12. The van der Waals surface area contributed by atoms with E-state index in [9.17, 15) is 15.0 Å². The van der Waals surface area contributed by atoms with Crippen LogP contribution < -0.4 is 11.1 Å². The van der Waals surface area contributed by atoms with E-state index >= 15 is 0 Å². The third-order valence-electron chi connectivity index (χ3n) is 2.76. The lowest BCUT2D eigenvalue weighted by Crippen LogP contribution is -2.41. The summed E-state index contributed by atoms with van der Waals surface area (Å²) in [7, 11) is 0. The number of nitrogens with one attached hydrogen (secondary N) is 1. The summed E-state index contributed by atoms with van der Waals surface area (Å²) in [6.07, 6.45) is 1.73. The Labute approximate surface area is 115 Å². The number of carbonyl (C=O) groups excluding carboxylic acids is 1. The highest BCUT2D eigenvalue weighted by molar-refractivity contribution is 5.81. The zero-order chi connectivity index (χ0) is 14.5. The Morgan fingerprint density at radius 2 is 2.15 bits per heavy atom. The molecule has 1 atom stereocenters. The molecule has 1 aromatic carbocycles. The van der Waals surface area contributed by atoms with Crippen molar-refractivity contribution < 1.29 is 19.5 Å². The van der Waals surface area contributed by atoms with Gasteiger partial charge in [-0.15, -0.1) is 0 Å². The maximum absolute atomic E-state index is 11.8. The van der Waals surface area contributed by atoms with E-state index in [2.05, 4.69) is 10.5 Å². The molecule has 0 saturated heterocycles. The van der Waals surface area contributed by atoms with Crippen molar-refractivity contribution in [2.45, 2.75) is 19.0 Å². The summed E-state index contributed by atoms with van der Waals surface area (Å²) >= 11 is 0. The quantitative estimate of drug-likeness (QED) is 0.582. The predicted molar refractivity (Wildman–Crippen MR) is 69.8 cm³/mol. The Morgan fingerprint density at radius 1 is 1.35 bits per heavy atom. The summed E-state index contributed by atoms with van der Waals surface area (Å²) in [6, 6.07) is 5.20. The molecule has 1 amide bonds. The average molecular weight is 277 g/mol. The molecule has 0 saturated carbocycles. The van der Waals surface area contributed by atoms with Crippen LogP contribution in [-0.4, -0.2) is 27.3 Å². The maximum atomic E-state index is 11.8. The molecular weight excluding hydrogens is 262 g/mol. The zero-order valence-corrected chi connectivity index (χ0v) is 10.6. The first-order valence-corrected chi connectivity index (χ1v) is 6.00. The number of hydrogen-bond donors (Lipinski definition) is 4. The number of aromatic hydroxyl groups is 2. The Kier molecular flexibility index (Phi) is 4.21. The topological polar surface area (TPSA) is 122 Å². The van der Waals surface area contributed by atoms with Gasteiger partial charge in [0.15, 0.2) is 17.3 Å². The predicted octanol–water partition coefficient (Wildman–Crippen LogP) is 0.272. The minimum Gasteiger partial charge on any atom is -0.504 e. The van der Waals surface area contributed by atoms with E-state index in [0.717, 1.165) is 0 Å². The molecule has 0 spiro atoms. The zero-order valence-electron chi connectivity index (χ0n) is 10.6. The summed E-state index contributed by atoms with van der Waals surface area (Å²) in [5, 5.41) is 24.7. The van der Waals surface area contributed by atoms with Crippen LogP contribution in [0.25, 0.3) is 0 Å². The van der Waals surface area contributed by atoms with Gasteiger partial charge in [-0.2, -0.15) is 0 Å². The fraction of sp³-hybridized carbons (Fsp3) is 0.231. The van der Waals surface area contributed by atoms with E-state index in [-0.39, 0.29) is 30.4 Å². The van der Waals surface area contributed by atoms with E-state index in [4.69, 9.17) is 10.3 Å². The van der Waals surface area contributed by atoms with Crippen LogP contribution in [0.5, 0.6) is 11.5 Å². The molecule has 0 aliphatic carbocycles. The molecule has 0 bridgehead atoms. The highest BCUT2D eigenvalue weighted by Gasteiger charge is 2.15. The fourth-order valence-electron chi connectivity index (χ4n) is 1.68. The molecule has 5 N–H and O–H groups in total. The van der Waals surface area contributed by atoms with Crippen molar-refractivity contribution in [2.24, 2.45) is 5.73 Å². The molecule has 0 aliphatic rings. The van der Waals surface area contributed by atoms with Crippen molar-refractivity contribution in [3.8, 4) is 11.5 Å². The summed E-state index contributed by atoms with van der Waals surface area (Å²) < 4.78 is 4.84. The maximum Gasteiger partial charge on any atom is 0.237 e. The molecule has 7 heteroatoms. The number of nitrogens with zero attached hydrogens (tertiary/aromatic N) is 1. The molecular formula is C13H15N3O4. The monoisotopic (exact) mass is 277 g/mol. The van der Waals surface area contributed by atoms with Gasteiger partial charge in [-0.1, -0.05) is 11.2 Å². The Balaban J connectivity index is 1.88.